The lowest BCUT2D eigenvalue weighted by Crippen LogP contribution is -2.56. The molecule has 0 amide bonds. The zero-order valence-electron chi connectivity index (χ0n) is 38.5. The van der Waals surface area contributed by atoms with E-state index in [4.69, 9.17) is 0 Å². The molecule has 0 aliphatic heterocycles. The van der Waals surface area contributed by atoms with Crippen LogP contribution in [0.5, 0.6) is 0 Å². The Morgan fingerprint density at radius 2 is 0.509 bits per heavy atom. The number of allylic oxidation sites excluding steroid dienone is 4. The topological polar surface area (TPSA) is 0 Å². The Morgan fingerprint density at radius 3 is 0.830 bits per heavy atom. The second-order valence-electron chi connectivity index (χ2n) is 19.2. The Balaban J connectivity index is 4.46. The number of hydrogen-bond acceptors (Lipinski definition) is 0. The Hall–Kier alpha value is -0.640. The summed E-state index contributed by atoms with van der Waals surface area (Å²) in [5, 5.41) is 0. The Morgan fingerprint density at radius 1 is 0.245 bits per heavy atom. The largest absolute Gasteiger partial charge is 0.331 e. The van der Waals surface area contributed by atoms with E-state index in [9.17, 15) is 0 Å². The van der Waals surface area contributed by atoms with Crippen LogP contribution in [-0.4, -0.2) is 94.5 Å². The minimum atomic E-state index is 1.09. The molecule has 0 heterocycles. The van der Waals surface area contributed by atoms with E-state index in [0.717, 1.165) is 4.48 Å². The van der Waals surface area contributed by atoms with Crippen molar-refractivity contribution < 1.29 is 13.4 Å². The van der Waals surface area contributed by atoms with Crippen LogP contribution < -0.4 is 0 Å². The average molecular weight is 747 g/mol. The average Bonchev–Trinajstić information content (AvgIpc) is 3.12. The first-order valence-electron chi connectivity index (χ1n) is 24.4. The highest BCUT2D eigenvalue weighted by Gasteiger charge is 2.29. The zero-order valence-corrected chi connectivity index (χ0v) is 38.5. The van der Waals surface area contributed by atoms with Gasteiger partial charge in [0.2, 0.25) is 0 Å². The monoisotopic (exact) mass is 747 g/mol. The molecule has 0 rings (SSSR count). The van der Waals surface area contributed by atoms with Gasteiger partial charge in [-0.05, 0) is 83.5 Å². The van der Waals surface area contributed by atoms with Gasteiger partial charge in [-0.1, -0.05) is 154 Å². The van der Waals surface area contributed by atoms with Crippen molar-refractivity contribution in [2.24, 2.45) is 0 Å². The summed E-state index contributed by atoms with van der Waals surface area (Å²) in [7, 11) is 12.3. The normalized spacial score (nSPS) is 14.8. The van der Waals surface area contributed by atoms with Gasteiger partial charge in [0.15, 0.2) is 0 Å². The van der Waals surface area contributed by atoms with Crippen LogP contribution in [0.15, 0.2) is 24.3 Å². The summed E-state index contributed by atoms with van der Waals surface area (Å²) in [5.74, 6) is 0. The van der Waals surface area contributed by atoms with Crippen molar-refractivity contribution in [1.82, 2.24) is 0 Å². The Kier molecular flexibility index (Phi) is 36.5. The van der Waals surface area contributed by atoms with Crippen LogP contribution in [0.25, 0.3) is 0 Å². The summed E-state index contributed by atoms with van der Waals surface area (Å²) in [5.41, 5.74) is 0. The van der Waals surface area contributed by atoms with Gasteiger partial charge in [0.1, 0.15) is 13.1 Å². The lowest BCUT2D eigenvalue weighted by atomic mass is 10.1. The van der Waals surface area contributed by atoms with Crippen molar-refractivity contribution in [1.29, 1.82) is 0 Å². The highest BCUT2D eigenvalue weighted by molar-refractivity contribution is 4.82. The van der Waals surface area contributed by atoms with E-state index in [0.29, 0.717) is 0 Å². The Labute approximate surface area is 337 Å². The SMILES string of the molecule is CCCCCCCC/C=C\CCCCCCCC[N+](C)(CCCC)CC[N+](C)(CCCCCCCC/C=C\CCCCCCCC)CCC[N+](C)(C)C. The van der Waals surface area contributed by atoms with Crippen LogP contribution in [-0.2, 0) is 0 Å². The van der Waals surface area contributed by atoms with E-state index in [1.807, 2.05) is 0 Å². The first kappa shape index (κ1) is 52.4. The standard InChI is InChI=1S/C50H104N3/c1-9-12-15-17-19-21-23-25-27-29-31-33-35-37-39-41-46-52(7,45-14-11-3)49-50-53(8,48-43-44-51(4,5)6)47-42-40-38-36-34-32-30-28-26-24-22-20-18-16-13-10-2/h25-28H,9-24,29-50H2,1-8H3/q+3/b27-25-,28-26-. The number of hydrogen-bond donors (Lipinski definition) is 0. The molecule has 0 bridgehead atoms. The molecular weight excluding hydrogens is 643 g/mol. The molecule has 53 heavy (non-hydrogen) atoms. The van der Waals surface area contributed by atoms with Gasteiger partial charge in [0.25, 0.3) is 0 Å². The molecule has 0 aromatic carbocycles. The molecule has 316 valence electrons. The van der Waals surface area contributed by atoms with Crippen molar-refractivity contribution in [2.75, 3.05) is 81.1 Å². The number of nitrogens with zero attached hydrogens (tertiary/aromatic N) is 3. The predicted octanol–water partition coefficient (Wildman–Crippen LogP) is 14.9. The molecular formula is C50H104N3+3. The van der Waals surface area contributed by atoms with Gasteiger partial charge in [0, 0.05) is 6.42 Å². The molecule has 0 radical (unpaired) electrons. The lowest BCUT2D eigenvalue weighted by molar-refractivity contribution is -0.965. The summed E-state index contributed by atoms with van der Waals surface area (Å²) in [6, 6.07) is 0. The first-order valence-corrected chi connectivity index (χ1v) is 24.4. The van der Waals surface area contributed by atoms with Crippen molar-refractivity contribution in [3.05, 3.63) is 24.3 Å². The second-order valence-corrected chi connectivity index (χ2v) is 19.2. The molecule has 0 aromatic rings. The summed E-state index contributed by atoms with van der Waals surface area (Å²) in [6.07, 6.45) is 53.0. The molecule has 0 fully saturated rings. The van der Waals surface area contributed by atoms with Crippen LogP contribution in [0.2, 0.25) is 0 Å². The number of unbranched alkanes of at least 4 members (excludes halogenated alkanes) is 25. The van der Waals surface area contributed by atoms with Gasteiger partial charge in [-0.15, -0.1) is 0 Å². The van der Waals surface area contributed by atoms with Gasteiger partial charge in [-0.25, -0.2) is 0 Å². The summed E-state index contributed by atoms with van der Waals surface area (Å²) in [4.78, 5) is 0. The predicted molar refractivity (Wildman–Crippen MR) is 243 cm³/mol. The number of quaternary nitrogens is 3. The molecule has 3 nitrogen and oxygen atoms in total. The van der Waals surface area contributed by atoms with Crippen molar-refractivity contribution in [3.8, 4) is 0 Å². The minimum absolute atomic E-state index is 1.09. The number of rotatable bonds is 42. The van der Waals surface area contributed by atoms with Crippen molar-refractivity contribution in [2.45, 2.75) is 220 Å². The molecule has 0 aliphatic rings. The summed E-state index contributed by atoms with van der Waals surface area (Å²) >= 11 is 0. The van der Waals surface area contributed by atoms with Gasteiger partial charge in [0.05, 0.1) is 68.0 Å². The van der Waals surface area contributed by atoms with Gasteiger partial charge < -0.3 is 13.4 Å². The molecule has 0 saturated carbocycles. The summed E-state index contributed by atoms with van der Waals surface area (Å²) in [6.45, 7) is 16.5. The molecule has 0 aliphatic carbocycles. The molecule has 2 unspecified atom stereocenters. The van der Waals surface area contributed by atoms with E-state index in [2.05, 4.69) is 80.3 Å². The van der Waals surface area contributed by atoms with Gasteiger partial charge >= 0.3 is 0 Å². The third-order valence-corrected chi connectivity index (χ3v) is 12.2. The van der Waals surface area contributed by atoms with Crippen molar-refractivity contribution in [3.63, 3.8) is 0 Å². The fourth-order valence-electron chi connectivity index (χ4n) is 8.10. The van der Waals surface area contributed by atoms with E-state index < -0.39 is 0 Å². The maximum atomic E-state index is 2.61. The molecule has 0 aromatic heterocycles. The van der Waals surface area contributed by atoms with Gasteiger partial charge in [-0.2, -0.15) is 0 Å². The van der Waals surface area contributed by atoms with Crippen LogP contribution >= 0.6 is 0 Å². The smallest absolute Gasteiger partial charge is 0.128 e. The molecule has 3 heteroatoms. The van der Waals surface area contributed by atoms with Crippen LogP contribution in [0.3, 0.4) is 0 Å². The van der Waals surface area contributed by atoms with Crippen molar-refractivity contribution >= 4 is 0 Å². The Bertz CT molecular complexity index is 797. The summed E-state index contributed by atoms with van der Waals surface area (Å²) < 4.78 is 3.68. The second kappa shape index (κ2) is 37.0. The zero-order chi connectivity index (χ0) is 39.2. The van der Waals surface area contributed by atoms with Gasteiger partial charge in [-0.3, -0.25) is 0 Å². The molecule has 0 N–H and O–H groups in total. The third kappa shape index (κ3) is 38.0. The van der Waals surface area contributed by atoms with E-state index >= 15 is 0 Å². The minimum Gasteiger partial charge on any atom is -0.331 e. The third-order valence-electron chi connectivity index (χ3n) is 12.2. The van der Waals surface area contributed by atoms with E-state index in [-0.39, 0.29) is 0 Å². The highest BCUT2D eigenvalue weighted by Crippen LogP contribution is 2.18. The number of likely N-dealkylation sites (N-methyl/N-ethyl adjacent to an activating group) is 2. The van der Waals surface area contributed by atoms with Crippen LogP contribution in [0, 0.1) is 0 Å². The highest BCUT2D eigenvalue weighted by atomic mass is 15.4. The molecule has 2 atom stereocenters. The fraction of sp³-hybridized carbons (Fsp3) is 0.920. The van der Waals surface area contributed by atoms with E-state index in [1.54, 1.807) is 0 Å². The van der Waals surface area contributed by atoms with E-state index in [1.165, 1.54) is 254 Å². The fourth-order valence-corrected chi connectivity index (χ4v) is 8.10. The van der Waals surface area contributed by atoms with Crippen LogP contribution in [0.1, 0.15) is 220 Å². The van der Waals surface area contributed by atoms with Crippen LogP contribution in [0.4, 0.5) is 0 Å². The lowest BCUT2D eigenvalue weighted by Gasteiger charge is -2.41. The first-order chi connectivity index (χ1) is 25.6. The maximum absolute atomic E-state index is 2.61. The quantitative estimate of drug-likeness (QED) is 0.0331. The molecule has 0 saturated heterocycles. The molecule has 0 spiro atoms. The maximum Gasteiger partial charge on any atom is 0.128 e.